The smallest absolute Gasteiger partial charge is 0.213 e. The van der Waals surface area contributed by atoms with E-state index in [-0.39, 0.29) is 0 Å². The van der Waals surface area contributed by atoms with Gasteiger partial charge in [-0.05, 0) is 60.7 Å². The second-order valence-corrected chi connectivity index (χ2v) is 7.74. The summed E-state index contributed by atoms with van der Waals surface area (Å²) in [6, 6.07) is 24.0. The summed E-state index contributed by atoms with van der Waals surface area (Å²) in [5.74, 6) is 1.36. The number of nitrogens with zero attached hydrogens (tertiary/aromatic N) is 6. The number of hydrogen-bond donors (Lipinski definition) is 0. The van der Waals surface area contributed by atoms with Gasteiger partial charge in [-0.3, -0.25) is 9.55 Å². The Morgan fingerprint density at radius 1 is 0.706 bits per heavy atom. The summed E-state index contributed by atoms with van der Waals surface area (Å²) in [6.45, 7) is 0. The molecule has 0 aliphatic heterocycles. The highest BCUT2D eigenvalue weighted by molar-refractivity contribution is 5.78. The van der Waals surface area contributed by atoms with Crippen LogP contribution in [0.15, 0.2) is 104 Å². The van der Waals surface area contributed by atoms with Gasteiger partial charge in [0, 0.05) is 47.5 Å². The second kappa shape index (κ2) is 8.29. The monoisotopic (exact) mass is 444 g/mol. The van der Waals surface area contributed by atoms with Crippen LogP contribution in [-0.2, 0) is 0 Å². The molecule has 0 N–H and O–H groups in total. The lowest BCUT2D eigenvalue weighted by atomic mass is 10.2. The van der Waals surface area contributed by atoms with Gasteiger partial charge in [-0.15, -0.1) is 0 Å². The number of benzene rings is 1. The number of aromatic nitrogens is 6. The summed E-state index contributed by atoms with van der Waals surface area (Å²) >= 11 is 0. The number of ether oxygens (including phenoxy) is 1. The van der Waals surface area contributed by atoms with Crippen molar-refractivity contribution in [2.75, 3.05) is 7.11 Å². The van der Waals surface area contributed by atoms with Crippen LogP contribution in [0.4, 0.5) is 0 Å². The fourth-order valence-electron chi connectivity index (χ4n) is 4.00. The minimum Gasteiger partial charge on any atom is -0.481 e. The van der Waals surface area contributed by atoms with E-state index in [9.17, 15) is 0 Å². The SMILES string of the molecule is COc1ccc(-n2cc(-c3ccccn3)nc2-c2ccc(-n3ccc4cccnc43)cc2)cn1. The average Bonchev–Trinajstić information content (AvgIpc) is 3.55. The number of methoxy groups -OCH3 is 1. The highest BCUT2D eigenvalue weighted by Gasteiger charge is 2.15. The van der Waals surface area contributed by atoms with Crippen LogP contribution in [0.25, 0.3) is 45.2 Å². The number of pyridine rings is 3. The maximum Gasteiger partial charge on any atom is 0.213 e. The van der Waals surface area contributed by atoms with E-state index in [1.165, 1.54) is 0 Å². The van der Waals surface area contributed by atoms with Crippen LogP contribution >= 0.6 is 0 Å². The molecule has 0 atom stereocenters. The van der Waals surface area contributed by atoms with Gasteiger partial charge in [0.1, 0.15) is 17.2 Å². The highest BCUT2D eigenvalue weighted by Crippen LogP contribution is 2.28. The normalized spacial score (nSPS) is 11.1. The number of rotatable bonds is 5. The summed E-state index contributed by atoms with van der Waals surface area (Å²) in [4.78, 5) is 18.3. The van der Waals surface area contributed by atoms with Crippen molar-refractivity contribution in [2.45, 2.75) is 0 Å². The Balaban J connectivity index is 1.44. The molecule has 0 fully saturated rings. The molecule has 34 heavy (non-hydrogen) atoms. The van der Waals surface area contributed by atoms with Crippen molar-refractivity contribution in [2.24, 2.45) is 0 Å². The van der Waals surface area contributed by atoms with Crippen LogP contribution in [0.5, 0.6) is 5.88 Å². The Bertz CT molecular complexity index is 1570. The predicted molar refractivity (Wildman–Crippen MR) is 131 cm³/mol. The molecule has 0 aliphatic rings. The zero-order chi connectivity index (χ0) is 22.9. The maximum absolute atomic E-state index is 5.22. The van der Waals surface area contributed by atoms with Crippen molar-refractivity contribution < 1.29 is 4.74 Å². The van der Waals surface area contributed by atoms with Gasteiger partial charge in [0.15, 0.2) is 0 Å². The average molecular weight is 444 g/mol. The first kappa shape index (κ1) is 19.9. The van der Waals surface area contributed by atoms with E-state index in [0.29, 0.717) is 5.88 Å². The Morgan fingerprint density at radius 3 is 2.32 bits per heavy atom. The van der Waals surface area contributed by atoms with Crippen LogP contribution in [0.1, 0.15) is 0 Å². The van der Waals surface area contributed by atoms with Crippen molar-refractivity contribution in [3.05, 3.63) is 104 Å². The lowest BCUT2D eigenvalue weighted by molar-refractivity contribution is 0.398. The molecular weight excluding hydrogens is 424 g/mol. The minimum absolute atomic E-state index is 0.562. The van der Waals surface area contributed by atoms with Crippen LogP contribution in [0.2, 0.25) is 0 Å². The molecule has 7 heteroatoms. The fraction of sp³-hybridized carbons (Fsp3) is 0.0370. The van der Waals surface area contributed by atoms with E-state index < -0.39 is 0 Å². The first-order valence-electron chi connectivity index (χ1n) is 10.8. The molecule has 0 amide bonds. The van der Waals surface area contributed by atoms with Crippen molar-refractivity contribution in [3.63, 3.8) is 0 Å². The highest BCUT2D eigenvalue weighted by atomic mass is 16.5. The minimum atomic E-state index is 0.562. The Labute approximate surface area is 196 Å². The molecule has 0 aliphatic carbocycles. The molecule has 0 radical (unpaired) electrons. The van der Waals surface area contributed by atoms with Gasteiger partial charge in [0.05, 0.1) is 24.7 Å². The van der Waals surface area contributed by atoms with Gasteiger partial charge >= 0.3 is 0 Å². The Hall–Kier alpha value is -4.78. The summed E-state index contributed by atoms with van der Waals surface area (Å²) in [6.07, 6.45) is 9.38. The van der Waals surface area contributed by atoms with E-state index in [1.54, 1.807) is 19.5 Å². The summed E-state index contributed by atoms with van der Waals surface area (Å²) in [5.41, 5.74) is 5.42. The fourth-order valence-corrected chi connectivity index (χ4v) is 4.00. The molecular formula is C27H20N6O. The van der Waals surface area contributed by atoms with E-state index >= 15 is 0 Å². The lowest BCUT2D eigenvalue weighted by Gasteiger charge is -2.10. The maximum atomic E-state index is 5.22. The summed E-state index contributed by atoms with van der Waals surface area (Å²) in [7, 11) is 1.61. The third-order valence-electron chi connectivity index (χ3n) is 5.69. The molecule has 0 bridgehead atoms. The standard InChI is InChI=1S/C27H20N6O/c1-34-25-12-11-22(17-30-25)33-18-24(23-6-2-3-14-28-23)31-27(33)20-7-9-21(10-8-20)32-16-13-19-5-4-15-29-26(19)32/h2-18H,1H3. The predicted octanol–water partition coefficient (Wildman–Crippen LogP) is 5.34. The van der Waals surface area contributed by atoms with Crippen molar-refractivity contribution >= 4 is 11.0 Å². The quantitative estimate of drug-likeness (QED) is 0.359. The Morgan fingerprint density at radius 2 is 1.56 bits per heavy atom. The van der Waals surface area contributed by atoms with Gasteiger partial charge < -0.3 is 9.30 Å². The van der Waals surface area contributed by atoms with Crippen LogP contribution in [0.3, 0.4) is 0 Å². The summed E-state index contributed by atoms with van der Waals surface area (Å²) in [5, 5.41) is 1.11. The number of imidazole rings is 1. The first-order valence-corrected chi connectivity index (χ1v) is 10.8. The van der Waals surface area contributed by atoms with Gasteiger partial charge in [0.25, 0.3) is 0 Å². The van der Waals surface area contributed by atoms with E-state index in [2.05, 4.69) is 55.9 Å². The Kier molecular flexibility index (Phi) is 4.85. The summed E-state index contributed by atoms with van der Waals surface area (Å²) < 4.78 is 9.33. The molecule has 0 spiro atoms. The van der Waals surface area contributed by atoms with E-state index in [1.807, 2.05) is 59.6 Å². The number of fused-ring (bicyclic) bond motifs is 1. The van der Waals surface area contributed by atoms with E-state index in [4.69, 9.17) is 9.72 Å². The molecule has 5 heterocycles. The van der Waals surface area contributed by atoms with Crippen LogP contribution in [0, 0.1) is 0 Å². The van der Waals surface area contributed by atoms with Crippen molar-refractivity contribution in [1.82, 2.24) is 29.1 Å². The molecule has 1 aromatic carbocycles. The molecule has 0 unspecified atom stereocenters. The van der Waals surface area contributed by atoms with Crippen molar-refractivity contribution in [3.8, 4) is 40.0 Å². The van der Waals surface area contributed by atoms with Crippen LogP contribution in [-0.4, -0.2) is 36.2 Å². The zero-order valence-corrected chi connectivity index (χ0v) is 18.4. The topological polar surface area (TPSA) is 70.7 Å². The van der Waals surface area contributed by atoms with Crippen molar-refractivity contribution in [1.29, 1.82) is 0 Å². The second-order valence-electron chi connectivity index (χ2n) is 7.74. The number of hydrogen-bond acceptors (Lipinski definition) is 5. The molecule has 7 nitrogen and oxygen atoms in total. The molecule has 0 saturated carbocycles. The molecule has 6 aromatic rings. The molecule has 5 aromatic heterocycles. The molecule has 0 saturated heterocycles. The van der Waals surface area contributed by atoms with Gasteiger partial charge in [0.2, 0.25) is 5.88 Å². The first-order chi connectivity index (χ1) is 16.8. The third kappa shape index (κ3) is 3.49. The zero-order valence-electron chi connectivity index (χ0n) is 18.4. The van der Waals surface area contributed by atoms with Gasteiger partial charge in [-0.2, -0.15) is 0 Å². The third-order valence-corrected chi connectivity index (χ3v) is 5.69. The lowest BCUT2D eigenvalue weighted by Crippen LogP contribution is -1.98. The van der Waals surface area contributed by atoms with Gasteiger partial charge in [-0.1, -0.05) is 6.07 Å². The largest absolute Gasteiger partial charge is 0.481 e. The molecule has 164 valence electrons. The van der Waals surface area contributed by atoms with Crippen LogP contribution < -0.4 is 4.74 Å². The van der Waals surface area contributed by atoms with E-state index in [0.717, 1.165) is 45.2 Å². The molecule has 6 rings (SSSR count). The van der Waals surface area contributed by atoms with Gasteiger partial charge in [-0.25, -0.2) is 15.0 Å².